The Labute approximate surface area is 180 Å². The largest absolute Gasteiger partial charge is 0.506 e. The van der Waals surface area contributed by atoms with Gasteiger partial charge in [0.1, 0.15) is 11.3 Å². The van der Waals surface area contributed by atoms with Gasteiger partial charge in [-0.1, -0.05) is 6.07 Å². The first-order valence-corrected chi connectivity index (χ1v) is 9.80. The van der Waals surface area contributed by atoms with Gasteiger partial charge in [-0.05, 0) is 71.2 Å². The summed E-state index contributed by atoms with van der Waals surface area (Å²) in [4.78, 5) is 19.4. The summed E-state index contributed by atoms with van der Waals surface area (Å²) in [6.45, 7) is 4.01. The molecule has 4 rings (SSSR count). The lowest BCUT2D eigenvalue weighted by Gasteiger charge is -2.02. The number of oxazole rings is 1. The number of benzene rings is 3. The summed E-state index contributed by atoms with van der Waals surface area (Å²) < 4.78 is 6.15. The van der Waals surface area contributed by atoms with Crippen molar-refractivity contribution >= 4 is 44.6 Å². The van der Waals surface area contributed by atoms with Gasteiger partial charge in [-0.15, -0.1) is 0 Å². The average molecular weight is 466 g/mol. The van der Waals surface area contributed by atoms with Crippen molar-refractivity contribution < 1.29 is 14.4 Å². The third-order valence-electron chi connectivity index (χ3n) is 4.58. The van der Waals surface area contributed by atoms with Crippen LogP contribution >= 0.6 is 15.9 Å². The lowest BCUT2D eigenvalue weighted by molar-refractivity contribution is -0.385. The number of aromatic nitrogens is 1. The van der Waals surface area contributed by atoms with E-state index in [4.69, 9.17) is 4.42 Å². The van der Waals surface area contributed by atoms with Gasteiger partial charge in [0.2, 0.25) is 5.89 Å². The molecule has 4 aromatic rings. The number of aryl methyl sites for hydroxylation is 2. The van der Waals surface area contributed by atoms with Gasteiger partial charge in [0.05, 0.1) is 15.1 Å². The fourth-order valence-electron chi connectivity index (χ4n) is 3.14. The lowest BCUT2D eigenvalue weighted by Crippen LogP contribution is -1.91. The molecular formula is C22H16BrN3O4. The zero-order chi connectivity index (χ0) is 21.4. The molecule has 3 aromatic carbocycles. The molecule has 0 amide bonds. The number of nitrogens with zero attached hydrogens (tertiary/aromatic N) is 3. The molecule has 0 atom stereocenters. The van der Waals surface area contributed by atoms with E-state index in [0.717, 1.165) is 27.8 Å². The number of non-ortho nitro benzene ring substituents is 1. The van der Waals surface area contributed by atoms with Gasteiger partial charge in [0, 0.05) is 29.5 Å². The zero-order valence-electron chi connectivity index (χ0n) is 16.1. The summed E-state index contributed by atoms with van der Waals surface area (Å²) in [6.07, 6.45) is 1.38. The predicted molar refractivity (Wildman–Crippen MR) is 119 cm³/mol. The van der Waals surface area contributed by atoms with Crippen molar-refractivity contribution in [1.82, 2.24) is 4.98 Å². The molecule has 0 saturated carbocycles. The highest BCUT2D eigenvalue weighted by Gasteiger charge is 2.14. The lowest BCUT2D eigenvalue weighted by atomic mass is 10.1. The maximum absolute atomic E-state index is 11.0. The molecule has 0 unspecified atom stereocenters. The van der Waals surface area contributed by atoms with Gasteiger partial charge in [-0.2, -0.15) is 0 Å². The van der Waals surface area contributed by atoms with Gasteiger partial charge in [-0.25, -0.2) is 4.98 Å². The summed E-state index contributed by atoms with van der Waals surface area (Å²) in [5.41, 5.74) is 5.27. The third kappa shape index (κ3) is 3.81. The first-order chi connectivity index (χ1) is 14.3. The molecule has 30 heavy (non-hydrogen) atoms. The Kier molecular flexibility index (Phi) is 5.09. The number of phenols is 1. The molecule has 1 heterocycles. The van der Waals surface area contributed by atoms with E-state index in [2.05, 4.69) is 32.0 Å². The molecule has 0 fully saturated rings. The smallest absolute Gasteiger partial charge is 0.271 e. The van der Waals surface area contributed by atoms with Crippen LogP contribution in [0.25, 0.3) is 22.6 Å². The van der Waals surface area contributed by atoms with Gasteiger partial charge < -0.3 is 9.52 Å². The molecule has 0 spiro atoms. The van der Waals surface area contributed by atoms with Crippen LogP contribution in [-0.4, -0.2) is 21.2 Å². The zero-order valence-corrected chi connectivity index (χ0v) is 17.7. The monoisotopic (exact) mass is 465 g/mol. The number of nitro groups is 1. The maximum atomic E-state index is 11.0. The molecule has 0 aliphatic heterocycles. The highest BCUT2D eigenvalue weighted by atomic mass is 79.9. The van der Waals surface area contributed by atoms with E-state index in [1.54, 1.807) is 12.1 Å². The second-order valence-corrected chi connectivity index (χ2v) is 7.73. The number of aliphatic imine (C=N–C) groups is 1. The number of nitro benzene ring substituents is 1. The first-order valence-electron chi connectivity index (χ1n) is 9.01. The van der Waals surface area contributed by atoms with Crippen molar-refractivity contribution in [1.29, 1.82) is 0 Å². The van der Waals surface area contributed by atoms with Crippen LogP contribution in [-0.2, 0) is 0 Å². The number of rotatable bonds is 4. The Bertz CT molecular complexity index is 1310. The van der Waals surface area contributed by atoms with Crippen LogP contribution in [0.4, 0.5) is 11.4 Å². The van der Waals surface area contributed by atoms with Crippen LogP contribution in [0.1, 0.15) is 16.7 Å². The topological polar surface area (TPSA) is 102 Å². The predicted octanol–water partition coefficient (Wildman–Crippen LogP) is 6.24. The number of halogens is 1. The average Bonchev–Trinajstić information content (AvgIpc) is 3.13. The highest BCUT2D eigenvalue weighted by molar-refractivity contribution is 9.10. The standard InChI is InChI=1S/C22H16BrN3O4/c1-12-7-13(2)21-19(8-12)25-22(30-21)14-3-5-16(6-4-14)24-11-15-9-17(26(28)29)10-18(23)20(15)27/h3-11,27H,1-2H3. The molecule has 1 aromatic heterocycles. The summed E-state index contributed by atoms with van der Waals surface area (Å²) in [6, 6.07) is 13.8. The summed E-state index contributed by atoms with van der Waals surface area (Å²) in [7, 11) is 0. The van der Waals surface area contributed by atoms with Crippen molar-refractivity contribution in [2.75, 3.05) is 0 Å². The second kappa shape index (κ2) is 7.72. The minimum atomic E-state index is -0.528. The van der Waals surface area contributed by atoms with Crippen LogP contribution in [0.15, 0.2) is 62.4 Å². The Balaban J connectivity index is 1.62. The summed E-state index contributed by atoms with van der Waals surface area (Å²) in [5, 5.41) is 21.1. The quantitative estimate of drug-likeness (QED) is 0.218. The molecule has 0 aliphatic rings. The number of aromatic hydroxyl groups is 1. The van der Waals surface area contributed by atoms with Crippen LogP contribution in [0.5, 0.6) is 5.75 Å². The molecule has 0 saturated heterocycles. The summed E-state index contributed by atoms with van der Waals surface area (Å²) in [5.74, 6) is 0.410. The Morgan fingerprint density at radius 3 is 2.60 bits per heavy atom. The third-order valence-corrected chi connectivity index (χ3v) is 5.18. The van der Waals surface area contributed by atoms with E-state index in [0.29, 0.717) is 11.6 Å². The molecular weight excluding hydrogens is 450 g/mol. The molecule has 7 nitrogen and oxygen atoms in total. The minimum Gasteiger partial charge on any atom is -0.506 e. The van der Waals surface area contributed by atoms with Crippen molar-refractivity contribution in [3.8, 4) is 17.2 Å². The Morgan fingerprint density at radius 1 is 1.17 bits per heavy atom. The molecule has 0 radical (unpaired) electrons. The van der Waals surface area contributed by atoms with Gasteiger partial charge in [0.15, 0.2) is 5.58 Å². The van der Waals surface area contributed by atoms with Crippen molar-refractivity contribution in [2.45, 2.75) is 13.8 Å². The van der Waals surface area contributed by atoms with E-state index in [-0.39, 0.29) is 21.5 Å². The minimum absolute atomic E-state index is 0.113. The van der Waals surface area contributed by atoms with Crippen molar-refractivity contribution in [3.05, 3.63) is 79.8 Å². The van der Waals surface area contributed by atoms with E-state index < -0.39 is 4.92 Å². The Hall–Kier alpha value is -3.52. The molecule has 1 N–H and O–H groups in total. The fraction of sp³-hybridized carbons (Fsp3) is 0.0909. The van der Waals surface area contributed by atoms with E-state index >= 15 is 0 Å². The molecule has 150 valence electrons. The molecule has 0 aliphatic carbocycles. The number of fused-ring (bicyclic) bond motifs is 1. The Morgan fingerprint density at radius 2 is 1.90 bits per heavy atom. The second-order valence-electron chi connectivity index (χ2n) is 6.88. The van der Waals surface area contributed by atoms with Gasteiger partial charge in [-0.3, -0.25) is 15.1 Å². The van der Waals surface area contributed by atoms with E-state index in [1.807, 2.05) is 32.0 Å². The van der Waals surface area contributed by atoms with Crippen LogP contribution in [0.3, 0.4) is 0 Å². The van der Waals surface area contributed by atoms with Crippen molar-refractivity contribution in [2.24, 2.45) is 4.99 Å². The number of hydrogen-bond donors (Lipinski definition) is 1. The highest BCUT2D eigenvalue weighted by Crippen LogP contribution is 2.32. The SMILES string of the molecule is Cc1cc(C)c2oc(-c3ccc(N=Cc4cc([N+](=O)[O-])cc(Br)c4O)cc3)nc2c1. The normalized spacial score (nSPS) is 11.4. The molecule has 0 bridgehead atoms. The van der Waals surface area contributed by atoms with Crippen LogP contribution < -0.4 is 0 Å². The summed E-state index contributed by atoms with van der Waals surface area (Å²) >= 11 is 3.12. The first kappa shape index (κ1) is 19.8. The van der Waals surface area contributed by atoms with Crippen LogP contribution in [0, 0.1) is 24.0 Å². The van der Waals surface area contributed by atoms with Crippen LogP contribution in [0.2, 0.25) is 0 Å². The van der Waals surface area contributed by atoms with E-state index in [9.17, 15) is 15.2 Å². The van der Waals surface area contributed by atoms with Gasteiger partial charge in [0.25, 0.3) is 5.69 Å². The number of hydrogen-bond acceptors (Lipinski definition) is 6. The van der Waals surface area contributed by atoms with Gasteiger partial charge >= 0.3 is 0 Å². The van der Waals surface area contributed by atoms with E-state index in [1.165, 1.54) is 18.3 Å². The fourth-order valence-corrected chi connectivity index (χ4v) is 3.61. The van der Waals surface area contributed by atoms with Crippen molar-refractivity contribution in [3.63, 3.8) is 0 Å². The molecule has 8 heteroatoms. The maximum Gasteiger partial charge on any atom is 0.271 e. The number of phenolic OH excluding ortho intramolecular Hbond substituents is 1.